The standard InChI is InChI=1S/C15H23N3O/c1-3-12-7-6-9-16-13(12)11-17-14(19)15(2)8-4-5-10-18-15/h6-7,9,18H,3-5,8,10-11H2,1-2H3,(H,17,19). The Morgan fingerprint density at radius 1 is 1.53 bits per heavy atom. The minimum atomic E-state index is -0.417. The van der Waals surface area contributed by atoms with Gasteiger partial charge in [-0.2, -0.15) is 0 Å². The van der Waals surface area contributed by atoms with Crippen LogP contribution in [0.3, 0.4) is 0 Å². The fourth-order valence-electron chi connectivity index (χ4n) is 2.56. The van der Waals surface area contributed by atoms with Crippen molar-refractivity contribution >= 4 is 5.91 Å². The van der Waals surface area contributed by atoms with Crippen LogP contribution in [-0.2, 0) is 17.8 Å². The first-order chi connectivity index (χ1) is 9.15. The molecule has 0 aromatic carbocycles. The van der Waals surface area contributed by atoms with Gasteiger partial charge in [-0.05, 0) is 50.8 Å². The molecule has 1 aromatic heterocycles. The molecule has 2 heterocycles. The van der Waals surface area contributed by atoms with Gasteiger partial charge in [0.25, 0.3) is 0 Å². The maximum Gasteiger partial charge on any atom is 0.240 e. The van der Waals surface area contributed by atoms with Crippen LogP contribution in [0, 0.1) is 0 Å². The molecule has 2 N–H and O–H groups in total. The van der Waals surface area contributed by atoms with Crippen molar-refractivity contribution in [3.05, 3.63) is 29.6 Å². The van der Waals surface area contributed by atoms with E-state index in [-0.39, 0.29) is 5.91 Å². The second-order valence-electron chi connectivity index (χ2n) is 5.36. The highest BCUT2D eigenvalue weighted by atomic mass is 16.2. The highest BCUT2D eigenvalue weighted by Gasteiger charge is 2.33. The predicted octanol–water partition coefficient (Wildman–Crippen LogP) is 1.79. The molecule has 1 aliphatic rings. The van der Waals surface area contributed by atoms with Crippen molar-refractivity contribution in [2.24, 2.45) is 0 Å². The van der Waals surface area contributed by atoms with Gasteiger partial charge in [-0.25, -0.2) is 0 Å². The van der Waals surface area contributed by atoms with Gasteiger partial charge in [0.05, 0.1) is 17.8 Å². The lowest BCUT2D eigenvalue weighted by atomic mass is 9.90. The molecule has 1 aromatic rings. The lowest BCUT2D eigenvalue weighted by molar-refractivity contribution is -0.128. The van der Waals surface area contributed by atoms with Gasteiger partial charge in [-0.15, -0.1) is 0 Å². The van der Waals surface area contributed by atoms with Crippen LogP contribution in [0.15, 0.2) is 18.3 Å². The Bertz CT molecular complexity index is 439. The summed E-state index contributed by atoms with van der Waals surface area (Å²) in [6.45, 7) is 5.53. The van der Waals surface area contributed by atoms with E-state index in [1.54, 1.807) is 6.20 Å². The Kier molecular flexibility index (Phi) is 4.53. The Balaban J connectivity index is 1.96. The summed E-state index contributed by atoms with van der Waals surface area (Å²) in [4.78, 5) is 16.6. The minimum Gasteiger partial charge on any atom is -0.349 e. The van der Waals surface area contributed by atoms with Crippen LogP contribution in [0.25, 0.3) is 0 Å². The molecule has 4 nitrogen and oxygen atoms in total. The fraction of sp³-hybridized carbons (Fsp3) is 0.600. The SMILES string of the molecule is CCc1cccnc1CNC(=O)C1(C)CCCCN1. The molecule has 1 unspecified atom stereocenters. The topological polar surface area (TPSA) is 54.0 Å². The molecule has 1 aliphatic heterocycles. The van der Waals surface area contributed by atoms with Gasteiger partial charge in [0.2, 0.25) is 5.91 Å². The number of carbonyl (C=O) groups excluding carboxylic acids is 1. The molecule has 0 spiro atoms. The van der Waals surface area contributed by atoms with E-state index in [1.165, 1.54) is 5.56 Å². The summed E-state index contributed by atoms with van der Waals surface area (Å²) in [5.41, 5.74) is 1.75. The average molecular weight is 261 g/mol. The van der Waals surface area contributed by atoms with E-state index in [0.717, 1.165) is 37.9 Å². The number of amides is 1. The van der Waals surface area contributed by atoms with Crippen LogP contribution in [0.5, 0.6) is 0 Å². The van der Waals surface area contributed by atoms with E-state index >= 15 is 0 Å². The normalized spacial score (nSPS) is 23.1. The van der Waals surface area contributed by atoms with Gasteiger partial charge in [-0.3, -0.25) is 9.78 Å². The van der Waals surface area contributed by atoms with Crippen molar-refractivity contribution in [2.45, 2.75) is 51.6 Å². The Morgan fingerprint density at radius 2 is 2.37 bits per heavy atom. The number of carbonyl (C=O) groups is 1. The van der Waals surface area contributed by atoms with Crippen molar-refractivity contribution in [1.82, 2.24) is 15.6 Å². The molecular weight excluding hydrogens is 238 g/mol. The van der Waals surface area contributed by atoms with Crippen molar-refractivity contribution in [1.29, 1.82) is 0 Å². The van der Waals surface area contributed by atoms with Crippen LogP contribution < -0.4 is 10.6 Å². The summed E-state index contributed by atoms with van der Waals surface area (Å²) in [6, 6.07) is 4.00. The molecule has 1 amide bonds. The van der Waals surface area contributed by atoms with E-state index in [1.807, 2.05) is 13.0 Å². The average Bonchev–Trinajstić information content (AvgIpc) is 2.45. The highest BCUT2D eigenvalue weighted by Crippen LogP contribution is 2.19. The van der Waals surface area contributed by atoms with Crippen LogP contribution >= 0.6 is 0 Å². The van der Waals surface area contributed by atoms with Crippen LogP contribution in [-0.4, -0.2) is 23.0 Å². The highest BCUT2D eigenvalue weighted by molar-refractivity contribution is 5.85. The molecule has 1 saturated heterocycles. The molecule has 0 radical (unpaired) electrons. The number of pyridine rings is 1. The third-order valence-corrected chi connectivity index (χ3v) is 3.90. The lowest BCUT2D eigenvalue weighted by Gasteiger charge is -2.33. The Morgan fingerprint density at radius 3 is 3.05 bits per heavy atom. The largest absolute Gasteiger partial charge is 0.349 e. The first-order valence-electron chi connectivity index (χ1n) is 7.12. The summed E-state index contributed by atoms with van der Waals surface area (Å²) in [7, 11) is 0. The zero-order valence-electron chi connectivity index (χ0n) is 11.8. The second-order valence-corrected chi connectivity index (χ2v) is 5.36. The Labute approximate surface area is 115 Å². The predicted molar refractivity (Wildman–Crippen MR) is 75.7 cm³/mol. The minimum absolute atomic E-state index is 0.0832. The van der Waals surface area contributed by atoms with Gasteiger partial charge in [0.15, 0.2) is 0 Å². The van der Waals surface area contributed by atoms with Crippen molar-refractivity contribution < 1.29 is 4.79 Å². The molecule has 2 rings (SSSR count). The summed E-state index contributed by atoms with van der Waals surface area (Å²) in [5, 5.41) is 6.35. The third-order valence-electron chi connectivity index (χ3n) is 3.90. The van der Waals surface area contributed by atoms with Crippen LogP contribution in [0.4, 0.5) is 0 Å². The Hall–Kier alpha value is -1.42. The van der Waals surface area contributed by atoms with E-state index in [2.05, 4.69) is 28.6 Å². The van der Waals surface area contributed by atoms with Gasteiger partial charge < -0.3 is 10.6 Å². The molecule has 4 heteroatoms. The molecule has 1 fully saturated rings. The van der Waals surface area contributed by atoms with Gasteiger partial charge >= 0.3 is 0 Å². The monoisotopic (exact) mass is 261 g/mol. The molecular formula is C15H23N3O. The summed E-state index contributed by atoms with van der Waals surface area (Å²) < 4.78 is 0. The van der Waals surface area contributed by atoms with E-state index in [4.69, 9.17) is 0 Å². The third kappa shape index (κ3) is 3.32. The molecule has 0 bridgehead atoms. The number of nitrogens with one attached hydrogen (secondary N) is 2. The molecule has 19 heavy (non-hydrogen) atoms. The number of rotatable bonds is 4. The van der Waals surface area contributed by atoms with Crippen LogP contribution in [0.1, 0.15) is 44.4 Å². The number of nitrogens with zero attached hydrogens (tertiary/aromatic N) is 1. The summed E-state index contributed by atoms with van der Waals surface area (Å²) in [6.07, 6.45) is 5.89. The van der Waals surface area contributed by atoms with Crippen LogP contribution in [0.2, 0.25) is 0 Å². The maximum absolute atomic E-state index is 12.3. The fourth-order valence-corrected chi connectivity index (χ4v) is 2.56. The quantitative estimate of drug-likeness (QED) is 0.869. The zero-order chi connectivity index (χ0) is 13.7. The molecule has 104 valence electrons. The number of aromatic nitrogens is 1. The summed E-state index contributed by atoms with van der Waals surface area (Å²) >= 11 is 0. The zero-order valence-corrected chi connectivity index (χ0v) is 11.8. The summed E-state index contributed by atoms with van der Waals surface area (Å²) in [5.74, 6) is 0.0832. The maximum atomic E-state index is 12.3. The van der Waals surface area contributed by atoms with Gasteiger partial charge in [0, 0.05) is 6.20 Å². The first-order valence-corrected chi connectivity index (χ1v) is 7.12. The van der Waals surface area contributed by atoms with E-state index < -0.39 is 5.54 Å². The van der Waals surface area contributed by atoms with Crippen molar-refractivity contribution in [3.8, 4) is 0 Å². The lowest BCUT2D eigenvalue weighted by Crippen LogP contribution is -2.56. The number of hydrogen-bond acceptors (Lipinski definition) is 3. The van der Waals surface area contributed by atoms with Gasteiger partial charge in [-0.1, -0.05) is 13.0 Å². The molecule has 0 saturated carbocycles. The number of piperidine rings is 1. The molecule has 1 atom stereocenters. The van der Waals surface area contributed by atoms with E-state index in [9.17, 15) is 4.79 Å². The smallest absolute Gasteiger partial charge is 0.240 e. The van der Waals surface area contributed by atoms with Gasteiger partial charge in [0.1, 0.15) is 0 Å². The van der Waals surface area contributed by atoms with Crippen molar-refractivity contribution in [2.75, 3.05) is 6.54 Å². The first kappa shape index (κ1) is 14.0. The second kappa shape index (κ2) is 6.15. The number of hydrogen-bond donors (Lipinski definition) is 2. The number of aryl methyl sites for hydroxylation is 1. The van der Waals surface area contributed by atoms with Crippen molar-refractivity contribution in [3.63, 3.8) is 0 Å². The van der Waals surface area contributed by atoms with E-state index in [0.29, 0.717) is 6.54 Å². The molecule has 0 aliphatic carbocycles.